The van der Waals surface area contributed by atoms with Crippen molar-refractivity contribution in [1.29, 1.82) is 0 Å². The summed E-state index contributed by atoms with van der Waals surface area (Å²) in [7, 11) is 1.55. The number of likely N-dealkylation sites (N-methyl/N-ethyl adjacent to an activating group) is 1. The molecule has 0 spiro atoms. The standard InChI is InChI=1S/C49H95N2O6P/c1-6-8-10-12-14-16-18-20-22-24-25-27-28-30-32-34-36-38-40-42-48(52)47(46-57-58(54,55)56-45-44-51(3,4)5)50-49(53)43-41-39-37-35-33-31-29-26-23-21-19-17-15-13-11-9-7-2/h25,27,32,34,40,42,47-48,52H,6-24,26,28-31,33,35-39,41,43-46H2,1-5H3,(H-,50,53,54,55)/p+1/b27-25+,34-32+,42-40+. The number of hydrogen-bond donors (Lipinski definition) is 3. The highest BCUT2D eigenvalue weighted by Gasteiger charge is 2.27. The average Bonchev–Trinajstić information content (AvgIpc) is 3.17. The number of nitrogens with one attached hydrogen (secondary N) is 1. The highest BCUT2D eigenvalue weighted by Crippen LogP contribution is 2.43. The molecule has 0 fully saturated rings. The van der Waals surface area contributed by atoms with Crippen LogP contribution >= 0.6 is 7.82 Å². The van der Waals surface area contributed by atoms with E-state index in [2.05, 4.69) is 43.5 Å². The number of quaternary nitrogens is 1. The second-order valence-corrected chi connectivity index (χ2v) is 19.3. The van der Waals surface area contributed by atoms with E-state index in [4.69, 9.17) is 9.05 Å². The third-order valence-corrected chi connectivity index (χ3v) is 11.8. The maximum absolute atomic E-state index is 12.9. The van der Waals surface area contributed by atoms with Crippen molar-refractivity contribution < 1.29 is 32.9 Å². The van der Waals surface area contributed by atoms with Gasteiger partial charge in [0.2, 0.25) is 5.91 Å². The summed E-state index contributed by atoms with van der Waals surface area (Å²) in [6, 6.07) is -0.866. The molecule has 0 aliphatic heterocycles. The van der Waals surface area contributed by atoms with Gasteiger partial charge in [0, 0.05) is 6.42 Å². The second kappa shape index (κ2) is 41.1. The van der Waals surface area contributed by atoms with Crippen molar-refractivity contribution in [3.05, 3.63) is 36.5 Å². The minimum absolute atomic E-state index is 0.0548. The van der Waals surface area contributed by atoms with E-state index in [1.807, 2.05) is 27.2 Å². The molecule has 3 unspecified atom stereocenters. The summed E-state index contributed by atoms with van der Waals surface area (Å²) >= 11 is 0. The van der Waals surface area contributed by atoms with Crippen LogP contribution in [0.15, 0.2) is 36.5 Å². The van der Waals surface area contributed by atoms with Gasteiger partial charge in [0.05, 0.1) is 39.9 Å². The molecule has 9 heteroatoms. The van der Waals surface area contributed by atoms with E-state index in [-0.39, 0.29) is 19.1 Å². The van der Waals surface area contributed by atoms with Crippen molar-refractivity contribution in [2.75, 3.05) is 40.9 Å². The first-order valence-corrected chi connectivity index (χ1v) is 25.9. The van der Waals surface area contributed by atoms with Crippen LogP contribution in [-0.2, 0) is 18.4 Å². The van der Waals surface area contributed by atoms with E-state index in [9.17, 15) is 19.4 Å². The average molecular weight is 840 g/mol. The Bertz CT molecular complexity index is 1040. The van der Waals surface area contributed by atoms with Crippen molar-refractivity contribution in [2.45, 2.75) is 231 Å². The van der Waals surface area contributed by atoms with Crippen LogP contribution in [0.2, 0.25) is 0 Å². The van der Waals surface area contributed by atoms with Gasteiger partial charge in [0.25, 0.3) is 0 Å². The Balaban J connectivity index is 4.42. The Kier molecular flexibility index (Phi) is 40.2. The molecule has 0 heterocycles. The van der Waals surface area contributed by atoms with Crippen LogP contribution in [0, 0.1) is 0 Å². The Morgan fingerprint density at radius 1 is 0.569 bits per heavy atom. The Hall–Kier alpha value is -1.28. The van der Waals surface area contributed by atoms with E-state index in [0.29, 0.717) is 17.4 Å². The monoisotopic (exact) mass is 840 g/mol. The summed E-state index contributed by atoms with van der Waals surface area (Å²) in [5.41, 5.74) is 0. The van der Waals surface area contributed by atoms with E-state index >= 15 is 0 Å². The first-order valence-electron chi connectivity index (χ1n) is 24.4. The molecule has 0 rings (SSSR count). The van der Waals surface area contributed by atoms with Gasteiger partial charge in [0.15, 0.2) is 0 Å². The quantitative estimate of drug-likeness (QED) is 0.0244. The Labute approximate surface area is 359 Å². The van der Waals surface area contributed by atoms with E-state index in [1.165, 1.54) is 154 Å². The lowest BCUT2D eigenvalue weighted by atomic mass is 10.0. The van der Waals surface area contributed by atoms with Gasteiger partial charge in [-0.05, 0) is 44.9 Å². The molecule has 0 aromatic rings. The molecule has 342 valence electrons. The zero-order chi connectivity index (χ0) is 42.8. The SMILES string of the molecule is CCCCCCCCCCC/C=C/CC/C=C/CC/C=C/C(O)C(COP(=O)(O)OCC[N+](C)(C)C)NC(=O)CCCCCCCCCCCCCCCCCCC. The molecule has 3 N–H and O–H groups in total. The molecule has 0 saturated carbocycles. The minimum atomic E-state index is -4.35. The number of nitrogens with zero attached hydrogens (tertiary/aromatic N) is 1. The number of unbranched alkanes of at least 4 members (excludes halogenated alkanes) is 27. The number of amides is 1. The number of carbonyl (C=O) groups is 1. The molecule has 58 heavy (non-hydrogen) atoms. The number of phosphoric acid groups is 1. The van der Waals surface area contributed by atoms with Gasteiger partial charge in [0.1, 0.15) is 13.2 Å². The molecular formula is C49H96N2O6P+. The van der Waals surface area contributed by atoms with E-state index in [0.717, 1.165) is 44.9 Å². The first kappa shape index (κ1) is 56.7. The summed E-state index contributed by atoms with van der Waals surface area (Å²) in [5, 5.41) is 13.8. The van der Waals surface area contributed by atoms with Gasteiger partial charge in [-0.2, -0.15) is 0 Å². The van der Waals surface area contributed by atoms with Gasteiger partial charge in [-0.15, -0.1) is 0 Å². The third kappa shape index (κ3) is 42.8. The summed E-state index contributed by atoms with van der Waals surface area (Å²) in [6.07, 6.45) is 50.8. The predicted octanol–water partition coefficient (Wildman–Crippen LogP) is 13.9. The van der Waals surface area contributed by atoms with Crippen molar-refractivity contribution in [2.24, 2.45) is 0 Å². The normalized spacial score (nSPS) is 14.5. The molecule has 0 aromatic carbocycles. The second-order valence-electron chi connectivity index (χ2n) is 17.8. The molecule has 0 aliphatic carbocycles. The van der Waals surface area contributed by atoms with Gasteiger partial charge in [-0.25, -0.2) is 4.57 Å². The number of allylic oxidation sites excluding steroid dienone is 5. The fraction of sp³-hybridized carbons (Fsp3) is 0.857. The molecule has 1 amide bonds. The zero-order valence-corrected chi connectivity index (χ0v) is 39.7. The maximum atomic E-state index is 12.9. The van der Waals surface area contributed by atoms with Crippen LogP contribution in [0.4, 0.5) is 0 Å². The number of carbonyl (C=O) groups excluding carboxylic acids is 1. The predicted molar refractivity (Wildman–Crippen MR) is 249 cm³/mol. The van der Waals surface area contributed by atoms with Gasteiger partial charge in [-0.1, -0.05) is 204 Å². The number of rotatable bonds is 44. The number of aliphatic hydroxyl groups excluding tert-OH is 1. The maximum Gasteiger partial charge on any atom is 0.472 e. The lowest BCUT2D eigenvalue weighted by molar-refractivity contribution is -0.870. The zero-order valence-electron chi connectivity index (χ0n) is 38.8. The van der Waals surface area contributed by atoms with Crippen molar-refractivity contribution in [3.63, 3.8) is 0 Å². The van der Waals surface area contributed by atoms with Crippen LogP contribution < -0.4 is 5.32 Å². The summed E-state index contributed by atoms with van der Waals surface area (Å²) in [5.74, 6) is -0.189. The molecule has 3 atom stereocenters. The highest BCUT2D eigenvalue weighted by atomic mass is 31.2. The van der Waals surface area contributed by atoms with Gasteiger partial charge < -0.3 is 19.8 Å². The Morgan fingerprint density at radius 3 is 1.38 bits per heavy atom. The van der Waals surface area contributed by atoms with Crippen molar-refractivity contribution in [3.8, 4) is 0 Å². The van der Waals surface area contributed by atoms with Crippen LogP contribution in [0.3, 0.4) is 0 Å². The number of phosphoric ester groups is 1. The van der Waals surface area contributed by atoms with Crippen LogP contribution in [-0.4, -0.2) is 73.4 Å². The third-order valence-electron chi connectivity index (χ3n) is 10.8. The highest BCUT2D eigenvalue weighted by molar-refractivity contribution is 7.47. The molecule has 0 aromatic heterocycles. The fourth-order valence-corrected chi connectivity index (χ4v) is 7.69. The summed E-state index contributed by atoms with van der Waals surface area (Å²) in [6.45, 7) is 4.80. The minimum Gasteiger partial charge on any atom is -0.387 e. The lowest BCUT2D eigenvalue weighted by Crippen LogP contribution is -2.45. The van der Waals surface area contributed by atoms with Crippen molar-refractivity contribution >= 4 is 13.7 Å². The van der Waals surface area contributed by atoms with Gasteiger partial charge in [-0.3, -0.25) is 13.8 Å². The van der Waals surface area contributed by atoms with Crippen LogP contribution in [0.25, 0.3) is 0 Å². The molecule has 8 nitrogen and oxygen atoms in total. The fourth-order valence-electron chi connectivity index (χ4n) is 6.96. The van der Waals surface area contributed by atoms with E-state index < -0.39 is 20.0 Å². The van der Waals surface area contributed by atoms with Crippen LogP contribution in [0.5, 0.6) is 0 Å². The van der Waals surface area contributed by atoms with Gasteiger partial charge >= 0.3 is 7.82 Å². The van der Waals surface area contributed by atoms with Crippen LogP contribution in [0.1, 0.15) is 219 Å². The molecule has 0 radical (unpaired) electrons. The van der Waals surface area contributed by atoms with E-state index in [1.54, 1.807) is 6.08 Å². The summed E-state index contributed by atoms with van der Waals surface area (Å²) < 4.78 is 23.6. The largest absolute Gasteiger partial charge is 0.472 e. The molecule has 0 aliphatic rings. The lowest BCUT2D eigenvalue weighted by Gasteiger charge is -2.25. The topological polar surface area (TPSA) is 105 Å². The number of aliphatic hydroxyl groups is 1. The molecular weight excluding hydrogens is 744 g/mol. The summed E-state index contributed by atoms with van der Waals surface area (Å²) in [4.78, 5) is 23.2. The molecule has 0 bridgehead atoms. The number of hydrogen-bond acceptors (Lipinski definition) is 5. The molecule has 0 saturated heterocycles. The first-order chi connectivity index (χ1) is 28.0. The Morgan fingerprint density at radius 2 is 0.948 bits per heavy atom. The smallest absolute Gasteiger partial charge is 0.387 e. The van der Waals surface area contributed by atoms with Crippen molar-refractivity contribution in [1.82, 2.24) is 5.32 Å².